The van der Waals surface area contributed by atoms with Crippen LogP contribution in [0.25, 0.3) is 0 Å². The number of benzene rings is 2. The summed E-state index contributed by atoms with van der Waals surface area (Å²) in [6, 6.07) is 8.01. The van der Waals surface area contributed by atoms with Crippen LogP contribution in [0.5, 0.6) is 0 Å². The third-order valence-electron chi connectivity index (χ3n) is 2.79. The molecule has 1 nitrogen and oxygen atoms in total. The second-order valence-corrected chi connectivity index (χ2v) is 5.94. The van der Waals surface area contributed by atoms with Crippen molar-refractivity contribution in [3.05, 3.63) is 61.8 Å². The molecule has 0 heterocycles. The Balaban J connectivity index is 2.27. The SMILES string of the molecule is CC(Nc1cc(Cl)c(F)c(Cl)c1)c1cc(Cl)ccc1Cl. The lowest BCUT2D eigenvalue weighted by atomic mass is 10.1. The summed E-state index contributed by atoms with van der Waals surface area (Å²) < 4.78 is 13.4. The first-order chi connectivity index (χ1) is 9.38. The molecular formula is C14H10Cl4FN. The van der Waals surface area contributed by atoms with Crippen LogP contribution < -0.4 is 5.32 Å². The maximum atomic E-state index is 13.4. The summed E-state index contributed by atoms with van der Waals surface area (Å²) in [6.45, 7) is 1.91. The molecule has 0 amide bonds. The Kier molecular flexibility index (Phi) is 5.03. The van der Waals surface area contributed by atoms with Crippen molar-refractivity contribution in [3.63, 3.8) is 0 Å². The van der Waals surface area contributed by atoms with Gasteiger partial charge in [-0.2, -0.15) is 0 Å². The van der Waals surface area contributed by atoms with Gasteiger partial charge in [0.15, 0.2) is 5.82 Å². The van der Waals surface area contributed by atoms with Gasteiger partial charge in [-0.15, -0.1) is 0 Å². The second kappa shape index (κ2) is 6.40. The molecule has 0 aliphatic carbocycles. The average Bonchev–Trinajstić information content (AvgIpc) is 2.38. The lowest BCUT2D eigenvalue weighted by Gasteiger charge is -2.18. The van der Waals surface area contributed by atoms with E-state index in [2.05, 4.69) is 5.32 Å². The minimum Gasteiger partial charge on any atom is -0.378 e. The minimum absolute atomic E-state index is 0.0376. The van der Waals surface area contributed by atoms with Gasteiger partial charge in [0.05, 0.1) is 16.1 Å². The number of rotatable bonds is 3. The average molecular weight is 353 g/mol. The maximum absolute atomic E-state index is 13.4. The third kappa shape index (κ3) is 3.50. The van der Waals surface area contributed by atoms with Crippen LogP contribution in [0.4, 0.5) is 10.1 Å². The molecule has 0 saturated carbocycles. The van der Waals surface area contributed by atoms with E-state index < -0.39 is 5.82 Å². The fourth-order valence-corrected chi connectivity index (χ4v) is 2.76. The van der Waals surface area contributed by atoms with Crippen molar-refractivity contribution >= 4 is 52.1 Å². The fraction of sp³-hybridized carbons (Fsp3) is 0.143. The van der Waals surface area contributed by atoms with Gasteiger partial charge in [0, 0.05) is 15.7 Å². The van der Waals surface area contributed by atoms with Gasteiger partial charge in [0.25, 0.3) is 0 Å². The van der Waals surface area contributed by atoms with E-state index in [4.69, 9.17) is 46.4 Å². The maximum Gasteiger partial charge on any atom is 0.160 e. The summed E-state index contributed by atoms with van der Waals surface area (Å²) in [5.41, 5.74) is 1.43. The molecule has 0 spiro atoms. The molecule has 1 unspecified atom stereocenters. The van der Waals surface area contributed by atoms with E-state index in [-0.39, 0.29) is 16.1 Å². The predicted octanol–water partition coefficient (Wildman–Crippen LogP) is 6.61. The summed E-state index contributed by atoms with van der Waals surface area (Å²) in [5.74, 6) is -0.632. The van der Waals surface area contributed by atoms with Crippen LogP contribution in [0.3, 0.4) is 0 Å². The van der Waals surface area contributed by atoms with Gasteiger partial charge in [-0.25, -0.2) is 4.39 Å². The van der Waals surface area contributed by atoms with Gasteiger partial charge in [0.2, 0.25) is 0 Å². The van der Waals surface area contributed by atoms with E-state index in [1.807, 2.05) is 6.92 Å². The zero-order valence-electron chi connectivity index (χ0n) is 10.4. The number of hydrogen-bond donors (Lipinski definition) is 1. The molecular weight excluding hydrogens is 343 g/mol. The van der Waals surface area contributed by atoms with Crippen LogP contribution >= 0.6 is 46.4 Å². The molecule has 1 atom stereocenters. The van der Waals surface area contributed by atoms with Crippen molar-refractivity contribution in [3.8, 4) is 0 Å². The molecule has 106 valence electrons. The number of hydrogen-bond acceptors (Lipinski definition) is 1. The molecule has 0 aromatic heterocycles. The van der Waals surface area contributed by atoms with Gasteiger partial charge in [-0.05, 0) is 42.8 Å². The second-order valence-electron chi connectivity index (χ2n) is 4.29. The molecule has 2 aromatic rings. The summed E-state index contributed by atoms with van der Waals surface area (Å²) >= 11 is 23.6. The van der Waals surface area contributed by atoms with Crippen molar-refractivity contribution < 1.29 is 4.39 Å². The molecule has 2 rings (SSSR count). The van der Waals surface area contributed by atoms with E-state index in [1.54, 1.807) is 18.2 Å². The molecule has 0 radical (unpaired) electrons. The fourth-order valence-electron chi connectivity index (χ4n) is 1.81. The summed E-state index contributed by atoms with van der Waals surface area (Å²) in [7, 11) is 0. The zero-order chi connectivity index (χ0) is 14.9. The van der Waals surface area contributed by atoms with Gasteiger partial charge in [0.1, 0.15) is 0 Å². The van der Waals surface area contributed by atoms with E-state index in [1.165, 1.54) is 12.1 Å². The Morgan fingerprint density at radius 2 is 1.55 bits per heavy atom. The van der Waals surface area contributed by atoms with E-state index >= 15 is 0 Å². The monoisotopic (exact) mass is 351 g/mol. The van der Waals surface area contributed by atoms with Crippen molar-refractivity contribution in [1.29, 1.82) is 0 Å². The van der Waals surface area contributed by atoms with Crippen LogP contribution in [-0.2, 0) is 0 Å². The molecule has 20 heavy (non-hydrogen) atoms. The first-order valence-electron chi connectivity index (χ1n) is 5.74. The van der Waals surface area contributed by atoms with Gasteiger partial charge in [-0.1, -0.05) is 46.4 Å². The molecule has 1 N–H and O–H groups in total. The van der Waals surface area contributed by atoms with Crippen LogP contribution in [0.2, 0.25) is 20.1 Å². The van der Waals surface area contributed by atoms with Crippen LogP contribution in [0, 0.1) is 5.82 Å². The predicted molar refractivity (Wildman–Crippen MR) is 84.9 cm³/mol. The Morgan fingerprint density at radius 1 is 0.950 bits per heavy atom. The largest absolute Gasteiger partial charge is 0.378 e. The van der Waals surface area contributed by atoms with Crippen molar-refractivity contribution in [2.75, 3.05) is 5.32 Å². The van der Waals surface area contributed by atoms with Crippen LogP contribution in [-0.4, -0.2) is 0 Å². The Bertz CT molecular complexity index is 622. The highest BCUT2D eigenvalue weighted by molar-refractivity contribution is 6.35. The first kappa shape index (κ1) is 15.7. The summed E-state index contributed by atoms with van der Waals surface area (Å²) in [5, 5.41) is 4.26. The van der Waals surface area contributed by atoms with E-state index in [9.17, 15) is 4.39 Å². The summed E-state index contributed by atoms with van der Waals surface area (Å²) in [4.78, 5) is 0. The van der Waals surface area contributed by atoms with Crippen LogP contribution in [0.1, 0.15) is 18.5 Å². The molecule has 0 aliphatic rings. The highest BCUT2D eigenvalue weighted by atomic mass is 35.5. The van der Waals surface area contributed by atoms with Gasteiger partial charge in [-0.3, -0.25) is 0 Å². The summed E-state index contributed by atoms with van der Waals surface area (Å²) in [6.07, 6.45) is 0. The highest BCUT2D eigenvalue weighted by Gasteiger charge is 2.13. The van der Waals surface area contributed by atoms with E-state index in [0.29, 0.717) is 15.7 Å². The first-order valence-corrected chi connectivity index (χ1v) is 7.25. The molecule has 0 saturated heterocycles. The Morgan fingerprint density at radius 3 is 2.15 bits per heavy atom. The van der Waals surface area contributed by atoms with Crippen molar-refractivity contribution in [1.82, 2.24) is 0 Å². The van der Waals surface area contributed by atoms with Crippen LogP contribution in [0.15, 0.2) is 30.3 Å². The van der Waals surface area contributed by atoms with E-state index in [0.717, 1.165) is 5.56 Å². The molecule has 2 aromatic carbocycles. The highest BCUT2D eigenvalue weighted by Crippen LogP contribution is 2.32. The number of halogens is 5. The third-order valence-corrected chi connectivity index (χ3v) is 3.92. The molecule has 0 bridgehead atoms. The number of nitrogens with one attached hydrogen (secondary N) is 1. The Labute approximate surface area is 136 Å². The normalized spacial score (nSPS) is 12.3. The lowest BCUT2D eigenvalue weighted by molar-refractivity contribution is 0.628. The topological polar surface area (TPSA) is 12.0 Å². The van der Waals surface area contributed by atoms with Crippen molar-refractivity contribution in [2.24, 2.45) is 0 Å². The standard InChI is InChI=1S/C14H10Cl4FN/c1-7(10-4-8(15)2-3-11(10)16)20-9-5-12(17)14(19)13(18)6-9/h2-7,20H,1H3. The Hall–Kier alpha value is -0.670. The van der Waals surface area contributed by atoms with Gasteiger partial charge >= 0.3 is 0 Å². The number of anilines is 1. The molecule has 6 heteroatoms. The molecule has 0 fully saturated rings. The smallest absolute Gasteiger partial charge is 0.160 e. The quantitative estimate of drug-likeness (QED) is 0.612. The lowest BCUT2D eigenvalue weighted by Crippen LogP contribution is -2.07. The van der Waals surface area contributed by atoms with Gasteiger partial charge < -0.3 is 5.32 Å². The zero-order valence-corrected chi connectivity index (χ0v) is 13.4. The molecule has 0 aliphatic heterocycles. The van der Waals surface area contributed by atoms with Crippen molar-refractivity contribution in [2.45, 2.75) is 13.0 Å². The minimum atomic E-state index is -0.632.